The van der Waals surface area contributed by atoms with Crippen LogP contribution in [0, 0.1) is 0 Å². The van der Waals surface area contributed by atoms with Gasteiger partial charge in [-0.05, 0) is 30.3 Å². The van der Waals surface area contributed by atoms with E-state index in [-0.39, 0.29) is 12.7 Å². The highest BCUT2D eigenvalue weighted by Gasteiger charge is 2.24. The highest BCUT2D eigenvalue weighted by atomic mass is 16.7. The highest BCUT2D eigenvalue weighted by Crippen LogP contribution is 2.37. The maximum Gasteiger partial charge on any atom is 0.256 e. The minimum atomic E-state index is -0.112. The normalized spacial score (nSPS) is 16.0. The van der Waals surface area contributed by atoms with Crippen LogP contribution in [0.4, 0.5) is 5.69 Å². The number of anilines is 1. The van der Waals surface area contributed by atoms with Gasteiger partial charge in [0, 0.05) is 23.9 Å². The molecule has 0 aliphatic carbocycles. The van der Waals surface area contributed by atoms with Gasteiger partial charge in [-0.1, -0.05) is 18.2 Å². The minimum absolute atomic E-state index is 0.112. The molecule has 0 fully saturated rings. The molecule has 1 aromatic heterocycles. The summed E-state index contributed by atoms with van der Waals surface area (Å²) in [5.74, 6) is 2.07. The standard InChI is InChI=1S/C20H15N3O3/c1-23-16(12-6-7-17-18(8-12)26-11-25-17)10-21-19(23)9-14-13-4-2-3-5-15(13)22-20(14)24/h2-10H,11H2,1H3,(H,22,24)/b14-9+. The Balaban J connectivity index is 1.56. The lowest BCUT2D eigenvalue weighted by Gasteiger charge is -2.06. The van der Waals surface area contributed by atoms with E-state index in [1.807, 2.05) is 60.2 Å². The summed E-state index contributed by atoms with van der Waals surface area (Å²) >= 11 is 0. The van der Waals surface area contributed by atoms with Crippen molar-refractivity contribution in [2.24, 2.45) is 7.05 Å². The lowest BCUT2D eigenvalue weighted by Crippen LogP contribution is -2.04. The van der Waals surface area contributed by atoms with Gasteiger partial charge in [-0.25, -0.2) is 4.98 Å². The molecular weight excluding hydrogens is 330 g/mol. The first-order valence-corrected chi connectivity index (χ1v) is 8.25. The largest absolute Gasteiger partial charge is 0.454 e. The fraction of sp³-hybridized carbons (Fsp3) is 0.100. The van der Waals surface area contributed by atoms with Gasteiger partial charge < -0.3 is 19.4 Å². The van der Waals surface area contributed by atoms with Gasteiger partial charge >= 0.3 is 0 Å². The number of para-hydroxylation sites is 1. The predicted octanol–water partition coefficient (Wildman–Crippen LogP) is 3.31. The summed E-state index contributed by atoms with van der Waals surface area (Å²) < 4.78 is 12.8. The quantitative estimate of drug-likeness (QED) is 0.724. The maximum absolute atomic E-state index is 12.3. The van der Waals surface area contributed by atoms with Gasteiger partial charge in [0.2, 0.25) is 6.79 Å². The Morgan fingerprint density at radius 2 is 2.00 bits per heavy atom. The minimum Gasteiger partial charge on any atom is -0.454 e. The number of nitrogens with one attached hydrogen (secondary N) is 1. The molecule has 2 aromatic carbocycles. The fourth-order valence-electron chi connectivity index (χ4n) is 3.29. The number of hydrogen-bond acceptors (Lipinski definition) is 4. The molecule has 0 saturated heterocycles. The number of ether oxygens (including phenoxy) is 2. The number of hydrogen-bond donors (Lipinski definition) is 1. The van der Waals surface area contributed by atoms with Crippen LogP contribution in [0.5, 0.6) is 11.5 Å². The van der Waals surface area contributed by atoms with Crippen molar-refractivity contribution >= 4 is 23.2 Å². The summed E-state index contributed by atoms with van der Waals surface area (Å²) in [6.07, 6.45) is 3.61. The van der Waals surface area contributed by atoms with Crippen molar-refractivity contribution in [3.63, 3.8) is 0 Å². The molecule has 6 nitrogen and oxygen atoms in total. The molecule has 0 radical (unpaired) electrons. The van der Waals surface area contributed by atoms with Crippen molar-refractivity contribution in [3.05, 3.63) is 60.0 Å². The first kappa shape index (κ1) is 14.8. The van der Waals surface area contributed by atoms with Crippen LogP contribution < -0.4 is 14.8 Å². The molecule has 6 heteroatoms. The van der Waals surface area contributed by atoms with E-state index < -0.39 is 0 Å². The summed E-state index contributed by atoms with van der Waals surface area (Å²) in [5.41, 5.74) is 4.25. The number of amides is 1. The topological polar surface area (TPSA) is 65.4 Å². The van der Waals surface area contributed by atoms with E-state index in [1.54, 1.807) is 6.20 Å². The van der Waals surface area contributed by atoms with Crippen LogP contribution in [0.2, 0.25) is 0 Å². The molecule has 0 saturated carbocycles. The summed E-state index contributed by atoms with van der Waals surface area (Å²) in [6.45, 7) is 0.246. The molecule has 0 bridgehead atoms. The van der Waals surface area contributed by atoms with Crippen LogP contribution in [0.25, 0.3) is 22.9 Å². The third kappa shape index (κ3) is 2.19. The molecule has 3 heterocycles. The van der Waals surface area contributed by atoms with Crippen LogP contribution in [0.3, 0.4) is 0 Å². The van der Waals surface area contributed by atoms with Crippen LogP contribution >= 0.6 is 0 Å². The Morgan fingerprint density at radius 3 is 2.92 bits per heavy atom. The number of fused-ring (bicyclic) bond motifs is 2. The average molecular weight is 345 g/mol. The molecule has 0 unspecified atom stereocenters. The Morgan fingerprint density at radius 1 is 1.15 bits per heavy atom. The van der Waals surface area contributed by atoms with E-state index in [1.165, 1.54) is 0 Å². The number of benzene rings is 2. The Bertz CT molecular complexity index is 1080. The second kappa shape index (κ2) is 5.49. The maximum atomic E-state index is 12.3. The number of carbonyl (C=O) groups is 1. The zero-order valence-electron chi connectivity index (χ0n) is 14.0. The van der Waals surface area contributed by atoms with E-state index >= 15 is 0 Å². The number of nitrogens with zero attached hydrogens (tertiary/aromatic N) is 2. The lowest BCUT2D eigenvalue weighted by molar-refractivity contribution is -0.110. The molecule has 26 heavy (non-hydrogen) atoms. The van der Waals surface area contributed by atoms with Crippen LogP contribution in [-0.4, -0.2) is 22.3 Å². The molecule has 1 N–H and O–H groups in total. The van der Waals surface area contributed by atoms with Gasteiger partial charge in [0.15, 0.2) is 11.5 Å². The van der Waals surface area contributed by atoms with E-state index in [0.29, 0.717) is 11.4 Å². The van der Waals surface area contributed by atoms with E-state index in [0.717, 1.165) is 34.0 Å². The Labute approximate surface area is 149 Å². The summed E-state index contributed by atoms with van der Waals surface area (Å²) in [6, 6.07) is 13.5. The van der Waals surface area contributed by atoms with E-state index in [9.17, 15) is 4.79 Å². The van der Waals surface area contributed by atoms with Crippen molar-refractivity contribution in [2.75, 3.05) is 12.1 Å². The third-order valence-corrected chi connectivity index (χ3v) is 4.68. The van der Waals surface area contributed by atoms with Crippen molar-refractivity contribution < 1.29 is 14.3 Å². The smallest absolute Gasteiger partial charge is 0.256 e. The Hall–Kier alpha value is -3.54. The van der Waals surface area contributed by atoms with Crippen LogP contribution in [0.1, 0.15) is 11.4 Å². The average Bonchev–Trinajstić information content (AvgIpc) is 3.33. The molecule has 0 spiro atoms. The van der Waals surface area contributed by atoms with Gasteiger partial charge in [0.25, 0.3) is 5.91 Å². The van der Waals surface area contributed by atoms with Crippen molar-refractivity contribution in [1.82, 2.24) is 9.55 Å². The summed E-state index contributed by atoms with van der Waals surface area (Å²) in [4.78, 5) is 16.8. The molecule has 2 aliphatic heterocycles. The SMILES string of the molecule is Cn1c(-c2ccc3c(c2)OCO3)cnc1/C=C1/C(=O)Nc2ccccc21. The second-order valence-corrected chi connectivity index (χ2v) is 6.19. The third-order valence-electron chi connectivity index (χ3n) is 4.68. The van der Waals surface area contributed by atoms with Gasteiger partial charge in [0.05, 0.1) is 17.5 Å². The molecule has 1 amide bonds. The van der Waals surface area contributed by atoms with Crippen LogP contribution in [0.15, 0.2) is 48.7 Å². The zero-order chi connectivity index (χ0) is 17.7. The molecule has 5 rings (SSSR count). The zero-order valence-corrected chi connectivity index (χ0v) is 14.0. The predicted molar refractivity (Wildman–Crippen MR) is 97.7 cm³/mol. The number of carbonyl (C=O) groups excluding carboxylic acids is 1. The molecule has 0 atom stereocenters. The monoisotopic (exact) mass is 345 g/mol. The molecule has 3 aromatic rings. The highest BCUT2D eigenvalue weighted by molar-refractivity contribution is 6.34. The summed E-state index contributed by atoms with van der Waals surface area (Å²) in [7, 11) is 1.93. The number of rotatable bonds is 2. The van der Waals surface area contributed by atoms with E-state index in [2.05, 4.69) is 10.3 Å². The van der Waals surface area contributed by atoms with Crippen LogP contribution in [-0.2, 0) is 11.8 Å². The first-order chi connectivity index (χ1) is 12.7. The number of aromatic nitrogens is 2. The molecule has 2 aliphatic rings. The second-order valence-electron chi connectivity index (χ2n) is 6.19. The number of imidazole rings is 1. The fourth-order valence-corrected chi connectivity index (χ4v) is 3.29. The molecular formula is C20H15N3O3. The van der Waals surface area contributed by atoms with Gasteiger partial charge in [-0.15, -0.1) is 0 Å². The van der Waals surface area contributed by atoms with E-state index in [4.69, 9.17) is 9.47 Å². The summed E-state index contributed by atoms with van der Waals surface area (Å²) in [5, 5.41) is 2.88. The van der Waals surface area contributed by atoms with Gasteiger partial charge in [0.1, 0.15) is 5.82 Å². The Kier molecular flexibility index (Phi) is 3.12. The van der Waals surface area contributed by atoms with Crippen molar-refractivity contribution in [2.45, 2.75) is 0 Å². The van der Waals surface area contributed by atoms with Gasteiger partial charge in [-0.2, -0.15) is 0 Å². The lowest BCUT2D eigenvalue weighted by atomic mass is 10.1. The van der Waals surface area contributed by atoms with Crippen molar-refractivity contribution in [3.8, 4) is 22.8 Å². The molecule has 128 valence electrons. The van der Waals surface area contributed by atoms with Crippen molar-refractivity contribution in [1.29, 1.82) is 0 Å². The van der Waals surface area contributed by atoms with Gasteiger partial charge in [-0.3, -0.25) is 4.79 Å². The first-order valence-electron chi connectivity index (χ1n) is 8.25.